The Morgan fingerprint density at radius 2 is 1.68 bits per heavy atom. The van der Waals surface area contributed by atoms with E-state index in [2.05, 4.69) is 5.32 Å². The molecule has 2 aromatic rings. The van der Waals surface area contributed by atoms with Crippen molar-refractivity contribution in [3.8, 4) is 0 Å². The molecule has 0 atom stereocenters. The smallest absolute Gasteiger partial charge is 0.242 e. The lowest BCUT2D eigenvalue weighted by atomic mass is 10.2. The Bertz CT molecular complexity index is 976. The number of hydrogen-bond acceptors (Lipinski definition) is 4. The number of carbonyl (C=O) groups excluding carboxylic acids is 2. The van der Waals surface area contributed by atoms with Gasteiger partial charge in [-0.2, -0.15) is 0 Å². The van der Waals surface area contributed by atoms with E-state index in [4.69, 9.17) is 23.2 Å². The SMILES string of the molecule is CC(=O)c1ccc(S(=O)(=O)N(C)CCCC(=O)Nc2ccc(Cl)c(Cl)c2)cc1. The summed E-state index contributed by atoms with van der Waals surface area (Å²) >= 11 is 11.7. The van der Waals surface area contributed by atoms with Crippen molar-refractivity contribution in [2.45, 2.75) is 24.7 Å². The van der Waals surface area contributed by atoms with Crippen LogP contribution in [0.15, 0.2) is 47.4 Å². The van der Waals surface area contributed by atoms with E-state index < -0.39 is 10.0 Å². The van der Waals surface area contributed by atoms with Crippen LogP contribution in [0.4, 0.5) is 5.69 Å². The van der Waals surface area contributed by atoms with E-state index in [9.17, 15) is 18.0 Å². The molecule has 0 aromatic heterocycles. The number of ketones is 1. The number of carbonyl (C=O) groups is 2. The summed E-state index contributed by atoms with van der Waals surface area (Å²) in [5.41, 5.74) is 0.964. The number of benzene rings is 2. The predicted molar refractivity (Wildman–Crippen MR) is 111 cm³/mol. The van der Waals surface area contributed by atoms with Gasteiger partial charge in [0.15, 0.2) is 5.78 Å². The number of Topliss-reactive ketones (excluding diaryl/α,β-unsaturated/α-hetero) is 1. The fraction of sp³-hybridized carbons (Fsp3) is 0.263. The lowest BCUT2D eigenvalue weighted by Crippen LogP contribution is -2.28. The third-order valence-corrected chi connectivity index (χ3v) is 6.66. The molecule has 0 radical (unpaired) electrons. The van der Waals surface area contributed by atoms with Crippen LogP contribution in [0.1, 0.15) is 30.1 Å². The first-order valence-electron chi connectivity index (χ1n) is 8.43. The minimum Gasteiger partial charge on any atom is -0.326 e. The predicted octanol–water partition coefficient (Wildman–Crippen LogP) is 4.24. The average Bonchev–Trinajstić information content (AvgIpc) is 2.64. The second-order valence-electron chi connectivity index (χ2n) is 6.19. The summed E-state index contributed by atoms with van der Waals surface area (Å²) in [6.45, 7) is 1.59. The van der Waals surface area contributed by atoms with Crippen LogP contribution < -0.4 is 5.32 Å². The molecule has 0 saturated carbocycles. The van der Waals surface area contributed by atoms with Gasteiger partial charge in [0.25, 0.3) is 0 Å². The molecule has 6 nitrogen and oxygen atoms in total. The normalized spacial score (nSPS) is 11.5. The first-order valence-corrected chi connectivity index (χ1v) is 10.6. The maximum atomic E-state index is 12.6. The van der Waals surface area contributed by atoms with Crippen LogP contribution in [0.5, 0.6) is 0 Å². The summed E-state index contributed by atoms with van der Waals surface area (Å²) in [7, 11) is -2.24. The van der Waals surface area contributed by atoms with E-state index in [0.29, 0.717) is 27.7 Å². The number of halogens is 2. The molecule has 0 spiro atoms. The number of nitrogens with zero attached hydrogens (tertiary/aromatic N) is 1. The molecule has 0 heterocycles. The monoisotopic (exact) mass is 442 g/mol. The lowest BCUT2D eigenvalue weighted by molar-refractivity contribution is -0.116. The molecule has 0 aliphatic heterocycles. The van der Waals surface area contributed by atoms with Crippen molar-refractivity contribution in [3.05, 3.63) is 58.1 Å². The zero-order valence-electron chi connectivity index (χ0n) is 15.4. The molecular formula is C19H20Cl2N2O4S. The maximum Gasteiger partial charge on any atom is 0.242 e. The van der Waals surface area contributed by atoms with Crippen LogP contribution >= 0.6 is 23.2 Å². The summed E-state index contributed by atoms with van der Waals surface area (Å²) < 4.78 is 26.3. The second kappa shape index (κ2) is 9.52. The van der Waals surface area contributed by atoms with Gasteiger partial charge in [0, 0.05) is 31.3 Å². The van der Waals surface area contributed by atoms with Crippen molar-refractivity contribution < 1.29 is 18.0 Å². The summed E-state index contributed by atoms with van der Waals surface area (Å²) in [4.78, 5) is 23.4. The number of sulfonamides is 1. The topological polar surface area (TPSA) is 83.6 Å². The Balaban J connectivity index is 1.89. The van der Waals surface area contributed by atoms with Crippen LogP contribution in [0.25, 0.3) is 0 Å². The van der Waals surface area contributed by atoms with E-state index in [-0.39, 0.29) is 29.6 Å². The number of rotatable bonds is 8. The van der Waals surface area contributed by atoms with Gasteiger partial charge in [-0.1, -0.05) is 35.3 Å². The molecule has 2 aromatic carbocycles. The fourth-order valence-corrected chi connectivity index (χ4v) is 3.93. The van der Waals surface area contributed by atoms with Crippen LogP contribution in [-0.2, 0) is 14.8 Å². The third kappa shape index (κ3) is 5.78. The van der Waals surface area contributed by atoms with E-state index in [1.807, 2.05) is 0 Å². The van der Waals surface area contributed by atoms with Gasteiger partial charge in [0.1, 0.15) is 0 Å². The summed E-state index contributed by atoms with van der Waals surface area (Å²) in [5.74, 6) is -0.389. The molecule has 0 aliphatic carbocycles. The van der Waals surface area contributed by atoms with Crippen LogP contribution in [-0.4, -0.2) is 38.0 Å². The highest BCUT2D eigenvalue weighted by molar-refractivity contribution is 7.89. The molecule has 1 N–H and O–H groups in total. The highest BCUT2D eigenvalue weighted by Crippen LogP contribution is 2.25. The summed E-state index contributed by atoms with van der Waals surface area (Å²) in [6, 6.07) is 10.5. The Morgan fingerprint density at radius 1 is 1.04 bits per heavy atom. The lowest BCUT2D eigenvalue weighted by Gasteiger charge is -2.17. The Morgan fingerprint density at radius 3 is 2.25 bits per heavy atom. The van der Waals surface area contributed by atoms with Crippen LogP contribution in [0, 0.1) is 0 Å². The third-order valence-electron chi connectivity index (χ3n) is 4.05. The van der Waals surface area contributed by atoms with Crippen LogP contribution in [0.2, 0.25) is 10.0 Å². The Labute approximate surface area is 174 Å². The summed E-state index contributed by atoms with van der Waals surface area (Å²) in [6.07, 6.45) is 0.484. The standard InChI is InChI=1S/C19H20Cl2N2O4S/c1-13(24)14-5-8-16(9-6-14)28(26,27)23(2)11-3-4-19(25)22-15-7-10-17(20)18(21)12-15/h5-10,12H,3-4,11H2,1-2H3,(H,22,25). The van der Waals surface area contributed by atoms with E-state index in [0.717, 1.165) is 0 Å². The van der Waals surface area contributed by atoms with Gasteiger partial charge in [-0.3, -0.25) is 9.59 Å². The number of hydrogen-bond donors (Lipinski definition) is 1. The fourth-order valence-electron chi connectivity index (χ4n) is 2.42. The van der Waals surface area contributed by atoms with Crippen molar-refractivity contribution in [1.29, 1.82) is 0 Å². The molecular weight excluding hydrogens is 423 g/mol. The zero-order valence-corrected chi connectivity index (χ0v) is 17.7. The number of anilines is 1. The molecule has 150 valence electrons. The van der Waals surface area contributed by atoms with Gasteiger partial charge in [-0.05, 0) is 43.7 Å². The molecule has 0 aliphatic rings. The highest BCUT2D eigenvalue weighted by atomic mass is 35.5. The second-order valence-corrected chi connectivity index (χ2v) is 9.05. The van der Waals surface area contributed by atoms with Crippen molar-refractivity contribution >= 4 is 50.6 Å². The van der Waals surface area contributed by atoms with Crippen molar-refractivity contribution in [1.82, 2.24) is 4.31 Å². The molecule has 1 amide bonds. The van der Waals surface area contributed by atoms with Crippen LogP contribution in [0.3, 0.4) is 0 Å². The van der Waals surface area contributed by atoms with Gasteiger partial charge in [0.05, 0.1) is 14.9 Å². The number of nitrogens with one attached hydrogen (secondary N) is 1. The minimum absolute atomic E-state index is 0.0975. The Hall–Kier alpha value is -1.93. The largest absolute Gasteiger partial charge is 0.326 e. The average molecular weight is 443 g/mol. The van der Waals surface area contributed by atoms with Crippen molar-refractivity contribution in [3.63, 3.8) is 0 Å². The van der Waals surface area contributed by atoms with Gasteiger partial charge in [-0.15, -0.1) is 0 Å². The van der Waals surface area contributed by atoms with Gasteiger partial charge in [-0.25, -0.2) is 12.7 Å². The van der Waals surface area contributed by atoms with E-state index >= 15 is 0 Å². The van der Waals surface area contributed by atoms with Gasteiger partial charge in [0.2, 0.25) is 15.9 Å². The Kier molecular flexibility index (Phi) is 7.60. The molecule has 9 heteroatoms. The molecule has 0 fully saturated rings. The maximum absolute atomic E-state index is 12.6. The van der Waals surface area contributed by atoms with E-state index in [1.165, 1.54) is 42.5 Å². The molecule has 0 bridgehead atoms. The zero-order chi connectivity index (χ0) is 20.9. The quantitative estimate of drug-likeness (QED) is 0.619. The number of amides is 1. The van der Waals surface area contributed by atoms with Gasteiger partial charge < -0.3 is 5.32 Å². The first kappa shape index (κ1) is 22.4. The minimum atomic E-state index is -3.69. The van der Waals surface area contributed by atoms with Gasteiger partial charge >= 0.3 is 0 Å². The van der Waals surface area contributed by atoms with E-state index in [1.54, 1.807) is 18.2 Å². The molecule has 0 saturated heterocycles. The first-order chi connectivity index (χ1) is 13.1. The highest BCUT2D eigenvalue weighted by Gasteiger charge is 2.20. The van der Waals surface area contributed by atoms with Crippen molar-refractivity contribution in [2.24, 2.45) is 0 Å². The molecule has 2 rings (SSSR count). The molecule has 0 unspecified atom stereocenters. The van der Waals surface area contributed by atoms with Crippen molar-refractivity contribution in [2.75, 3.05) is 18.9 Å². The molecule has 28 heavy (non-hydrogen) atoms. The summed E-state index contributed by atoms with van der Waals surface area (Å²) in [5, 5.41) is 3.41.